The predicted molar refractivity (Wildman–Crippen MR) is 53.3 cm³/mol. The van der Waals surface area contributed by atoms with Crippen LogP contribution in [0.1, 0.15) is 6.92 Å². The Kier molecular flexibility index (Phi) is 3.41. The highest BCUT2D eigenvalue weighted by atomic mass is 16.5. The van der Waals surface area contributed by atoms with Crippen molar-refractivity contribution in [2.24, 2.45) is 11.7 Å². The number of hydrogen-bond donors (Lipinski definition) is 1. The predicted octanol–water partition coefficient (Wildman–Crippen LogP) is 0.998. The first-order valence-electron chi connectivity index (χ1n) is 4.49. The Bertz CT molecular complexity index is 271. The second-order valence-corrected chi connectivity index (χ2v) is 3.20. The molecule has 0 saturated heterocycles. The van der Waals surface area contributed by atoms with Gasteiger partial charge in [0.25, 0.3) is 0 Å². The first kappa shape index (κ1) is 10.9. The lowest BCUT2D eigenvalue weighted by Gasteiger charge is -2.27. The Morgan fingerprint density at radius 3 is 2.21 bits per heavy atom. The standard InChI is InChI=1S/C10H17NO3/c1-6-7(11)5-8(12-2)10(14-4)9(6)13-3/h5-7H,11H2,1-4H3. The molecular formula is C10H17NO3. The summed E-state index contributed by atoms with van der Waals surface area (Å²) in [6.45, 7) is 1.99. The van der Waals surface area contributed by atoms with Gasteiger partial charge in [0.15, 0.2) is 11.5 Å². The topological polar surface area (TPSA) is 53.7 Å². The molecule has 0 radical (unpaired) electrons. The third-order valence-electron chi connectivity index (χ3n) is 2.43. The van der Waals surface area contributed by atoms with Crippen molar-refractivity contribution < 1.29 is 14.2 Å². The molecule has 0 amide bonds. The highest BCUT2D eigenvalue weighted by Crippen LogP contribution is 2.30. The second-order valence-electron chi connectivity index (χ2n) is 3.20. The molecule has 0 spiro atoms. The monoisotopic (exact) mass is 199 g/mol. The molecule has 0 aromatic heterocycles. The van der Waals surface area contributed by atoms with Crippen molar-refractivity contribution in [2.45, 2.75) is 13.0 Å². The Hall–Kier alpha value is -1.16. The first-order chi connectivity index (χ1) is 6.65. The minimum absolute atomic E-state index is 0.0983. The van der Waals surface area contributed by atoms with E-state index in [0.29, 0.717) is 11.5 Å². The van der Waals surface area contributed by atoms with E-state index in [-0.39, 0.29) is 12.0 Å². The van der Waals surface area contributed by atoms with Crippen LogP contribution in [0.25, 0.3) is 0 Å². The fraction of sp³-hybridized carbons (Fsp3) is 0.600. The zero-order valence-electron chi connectivity index (χ0n) is 9.03. The molecule has 0 saturated carbocycles. The molecule has 14 heavy (non-hydrogen) atoms. The van der Waals surface area contributed by atoms with Gasteiger partial charge in [-0.15, -0.1) is 0 Å². The summed E-state index contributed by atoms with van der Waals surface area (Å²) in [5, 5.41) is 0. The van der Waals surface area contributed by atoms with Crippen LogP contribution in [0, 0.1) is 5.92 Å². The van der Waals surface area contributed by atoms with Crippen LogP contribution in [0.3, 0.4) is 0 Å². The summed E-state index contributed by atoms with van der Waals surface area (Å²) in [4.78, 5) is 0. The van der Waals surface area contributed by atoms with E-state index < -0.39 is 0 Å². The number of rotatable bonds is 3. The lowest BCUT2D eigenvalue weighted by atomic mass is 9.94. The molecule has 80 valence electrons. The minimum atomic E-state index is -0.0983. The van der Waals surface area contributed by atoms with Crippen molar-refractivity contribution in [1.82, 2.24) is 0 Å². The maximum absolute atomic E-state index is 5.90. The molecule has 0 heterocycles. The Morgan fingerprint density at radius 2 is 1.79 bits per heavy atom. The fourth-order valence-corrected chi connectivity index (χ4v) is 1.54. The molecule has 4 nitrogen and oxygen atoms in total. The van der Waals surface area contributed by atoms with Crippen LogP contribution >= 0.6 is 0 Å². The molecule has 1 aliphatic carbocycles. The zero-order chi connectivity index (χ0) is 10.7. The van der Waals surface area contributed by atoms with Crippen LogP contribution in [-0.2, 0) is 14.2 Å². The molecule has 2 atom stereocenters. The van der Waals surface area contributed by atoms with Crippen molar-refractivity contribution in [2.75, 3.05) is 21.3 Å². The highest BCUT2D eigenvalue weighted by molar-refractivity contribution is 5.32. The van der Waals surface area contributed by atoms with Crippen LogP contribution in [0.2, 0.25) is 0 Å². The summed E-state index contributed by atoms with van der Waals surface area (Å²) in [6, 6.07) is -0.0983. The van der Waals surface area contributed by atoms with E-state index >= 15 is 0 Å². The number of hydrogen-bond acceptors (Lipinski definition) is 4. The van der Waals surface area contributed by atoms with E-state index in [4.69, 9.17) is 19.9 Å². The molecule has 2 unspecified atom stereocenters. The van der Waals surface area contributed by atoms with Crippen molar-refractivity contribution >= 4 is 0 Å². The van der Waals surface area contributed by atoms with Crippen molar-refractivity contribution in [3.8, 4) is 0 Å². The molecule has 1 rings (SSSR count). The number of nitrogens with two attached hydrogens (primary N) is 1. The average Bonchev–Trinajstić information content (AvgIpc) is 2.20. The SMILES string of the molecule is COC1=CC(N)C(C)C(OC)=C1OC. The van der Waals surface area contributed by atoms with E-state index in [0.717, 1.165) is 5.76 Å². The van der Waals surface area contributed by atoms with Crippen LogP contribution < -0.4 is 5.73 Å². The van der Waals surface area contributed by atoms with Gasteiger partial charge in [-0.3, -0.25) is 0 Å². The third kappa shape index (κ3) is 1.70. The van der Waals surface area contributed by atoms with Gasteiger partial charge in [-0.2, -0.15) is 0 Å². The van der Waals surface area contributed by atoms with Gasteiger partial charge in [0, 0.05) is 12.0 Å². The van der Waals surface area contributed by atoms with Crippen LogP contribution in [-0.4, -0.2) is 27.4 Å². The maximum atomic E-state index is 5.90. The molecule has 0 fully saturated rings. The van der Waals surface area contributed by atoms with Crippen LogP contribution in [0.15, 0.2) is 23.4 Å². The number of methoxy groups -OCH3 is 3. The normalized spacial score (nSPS) is 27.1. The van der Waals surface area contributed by atoms with Gasteiger partial charge in [-0.25, -0.2) is 0 Å². The van der Waals surface area contributed by atoms with E-state index in [9.17, 15) is 0 Å². The van der Waals surface area contributed by atoms with Crippen molar-refractivity contribution in [3.63, 3.8) is 0 Å². The molecular weight excluding hydrogens is 182 g/mol. The van der Waals surface area contributed by atoms with Gasteiger partial charge in [-0.05, 0) is 6.08 Å². The zero-order valence-corrected chi connectivity index (χ0v) is 9.03. The highest BCUT2D eigenvalue weighted by Gasteiger charge is 2.29. The number of ether oxygens (including phenoxy) is 3. The third-order valence-corrected chi connectivity index (χ3v) is 2.43. The molecule has 4 heteroatoms. The van der Waals surface area contributed by atoms with Crippen molar-refractivity contribution in [1.29, 1.82) is 0 Å². The lowest BCUT2D eigenvalue weighted by Crippen LogP contribution is -2.32. The van der Waals surface area contributed by atoms with Gasteiger partial charge in [0.1, 0.15) is 5.76 Å². The largest absolute Gasteiger partial charge is 0.497 e. The van der Waals surface area contributed by atoms with E-state index in [1.54, 1.807) is 21.3 Å². The minimum Gasteiger partial charge on any atom is -0.497 e. The van der Waals surface area contributed by atoms with Gasteiger partial charge >= 0.3 is 0 Å². The van der Waals surface area contributed by atoms with Crippen molar-refractivity contribution in [3.05, 3.63) is 23.4 Å². The maximum Gasteiger partial charge on any atom is 0.198 e. The smallest absolute Gasteiger partial charge is 0.198 e. The summed E-state index contributed by atoms with van der Waals surface area (Å²) in [7, 11) is 4.78. The van der Waals surface area contributed by atoms with Gasteiger partial charge in [0.05, 0.1) is 21.3 Å². The molecule has 0 bridgehead atoms. The molecule has 0 aromatic carbocycles. The summed E-state index contributed by atoms with van der Waals surface area (Å²) in [5.41, 5.74) is 5.90. The van der Waals surface area contributed by atoms with Gasteiger partial charge in [0.2, 0.25) is 0 Å². The average molecular weight is 199 g/mol. The summed E-state index contributed by atoms with van der Waals surface area (Å²) in [5.74, 6) is 2.10. The first-order valence-corrected chi connectivity index (χ1v) is 4.49. The summed E-state index contributed by atoms with van der Waals surface area (Å²) < 4.78 is 15.6. The van der Waals surface area contributed by atoms with Crippen LogP contribution in [0.4, 0.5) is 0 Å². The summed E-state index contributed by atoms with van der Waals surface area (Å²) in [6.07, 6.45) is 1.84. The molecule has 1 aliphatic rings. The second kappa shape index (κ2) is 4.37. The van der Waals surface area contributed by atoms with Gasteiger partial charge < -0.3 is 19.9 Å². The van der Waals surface area contributed by atoms with Gasteiger partial charge in [-0.1, -0.05) is 6.92 Å². The molecule has 0 aliphatic heterocycles. The Balaban J connectivity index is 3.10. The fourth-order valence-electron chi connectivity index (χ4n) is 1.54. The molecule has 2 N–H and O–H groups in total. The van der Waals surface area contributed by atoms with E-state index in [1.165, 1.54) is 0 Å². The van der Waals surface area contributed by atoms with E-state index in [2.05, 4.69) is 0 Å². The lowest BCUT2D eigenvalue weighted by molar-refractivity contribution is 0.154. The quantitative estimate of drug-likeness (QED) is 0.736. The Labute approximate surface area is 84.3 Å². The van der Waals surface area contributed by atoms with Crippen LogP contribution in [0.5, 0.6) is 0 Å². The van der Waals surface area contributed by atoms with E-state index in [1.807, 2.05) is 13.0 Å². The summed E-state index contributed by atoms with van der Waals surface area (Å²) >= 11 is 0. The Morgan fingerprint density at radius 1 is 1.14 bits per heavy atom. The molecule has 0 aromatic rings.